The van der Waals surface area contributed by atoms with Crippen LogP contribution in [0.2, 0.25) is 0 Å². The van der Waals surface area contributed by atoms with Gasteiger partial charge in [-0.1, -0.05) is 13.8 Å². The van der Waals surface area contributed by atoms with Crippen LogP contribution in [-0.2, 0) is 4.74 Å². The summed E-state index contributed by atoms with van der Waals surface area (Å²) in [6.07, 6.45) is 2.72. The second-order valence-corrected chi connectivity index (χ2v) is 6.50. The number of nitrogens with two attached hydrogens (primary N) is 1. The lowest BCUT2D eigenvalue weighted by Gasteiger charge is -2.11. The molecule has 0 amide bonds. The van der Waals surface area contributed by atoms with Gasteiger partial charge in [0.1, 0.15) is 10.6 Å². The Labute approximate surface area is 122 Å². The van der Waals surface area contributed by atoms with Gasteiger partial charge in [-0.05, 0) is 18.3 Å². The highest BCUT2D eigenvalue weighted by Gasteiger charge is 2.37. The van der Waals surface area contributed by atoms with Gasteiger partial charge in [0.2, 0.25) is 0 Å². The van der Waals surface area contributed by atoms with Crippen LogP contribution in [-0.4, -0.2) is 25.4 Å². The van der Waals surface area contributed by atoms with Crippen molar-refractivity contribution in [1.29, 1.82) is 0 Å². The lowest BCUT2D eigenvalue weighted by molar-refractivity contribution is 0.0603. The van der Waals surface area contributed by atoms with E-state index in [9.17, 15) is 9.59 Å². The first-order valence-electron chi connectivity index (χ1n) is 6.69. The topological polar surface area (TPSA) is 81.4 Å². The normalized spacial score (nSPS) is 15.8. The molecule has 1 fully saturated rings. The summed E-state index contributed by atoms with van der Waals surface area (Å²) in [7, 11) is 1.31. The Kier molecular flexibility index (Phi) is 4.04. The summed E-state index contributed by atoms with van der Waals surface area (Å²) in [5.41, 5.74) is 6.78. The Morgan fingerprint density at radius 2 is 2.10 bits per heavy atom. The van der Waals surface area contributed by atoms with Crippen LogP contribution in [0.5, 0.6) is 0 Å². The van der Waals surface area contributed by atoms with Gasteiger partial charge in [0, 0.05) is 13.0 Å². The van der Waals surface area contributed by atoms with Crippen molar-refractivity contribution in [2.24, 2.45) is 5.41 Å². The quantitative estimate of drug-likeness (QED) is 0.623. The summed E-state index contributed by atoms with van der Waals surface area (Å²) in [6.45, 7) is 4.74. The molecule has 1 aromatic heterocycles. The van der Waals surface area contributed by atoms with Gasteiger partial charge in [-0.15, -0.1) is 11.3 Å². The lowest BCUT2D eigenvalue weighted by atomic mass is 10.1. The number of ether oxygens (including phenoxy) is 1. The molecule has 0 aromatic carbocycles. The summed E-state index contributed by atoms with van der Waals surface area (Å²) in [5.74, 6) is -0.555. The zero-order chi connectivity index (χ0) is 14.9. The van der Waals surface area contributed by atoms with Crippen LogP contribution in [0.3, 0.4) is 0 Å². The molecule has 1 aromatic rings. The Hall–Kier alpha value is -1.56. The third-order valence-electron chi connectivity index (χ3n) is 3.69. The first-order valence-corrected chi connectivity index (χ1v) is 7.51. The second kappa shape index (κ2) is 5.44. The number of methoxy groups -OCH3 is 1. The minimum Gasteiger partial charge on any atom is -0.465 e. The number of esters is 1. The van der Waals surface area contributed by atoms with Crippen molar-refractivity contribution in [3.8, 4) is 0 Å². The highest BCUT2D eigenvalue weighted by molar-refractivity contribution is 7.19. The van der Waals surface area contributed by atoms with E-state index in [1.165, 1.54) is 31.3 Å². The molecule has 0 unspecified atom stereocenters. The number of nitrogens with one attached hydrogen (secondary N) is 1. The van der Waals surface area contributed by atoms with E-state index in [1.54, 1.807) is 6.92 Å². The van der Waals surface area contributed by atoms with Crippen molar-refractivity contribution < 1.29 is 14.3 Å². The van der Waals surface area contributed by atoms with Crippen LogP contribution in [0, 0.1) is 5.41 Å². The predicted octanol–water partition coefficient (Wildman–Crippen LogP) is 2.92. The van der Waals surface area contributed by atoms with Gasteiger partial charge in [-0.3, -0.25) is 4.79 Å². The molecular weight excluding hydrogens is 276 g/mol. The third kappa shape index (κ3) is 2.80. The molecule has 0 spiro atoms. The third-order valence-corrected chi connectivity index (χ3v) is 4.89. The number of hydrogen-bond acceptors (Lipinski definition) is 6. The average Bonchev–Trinajstić information content (AvgIpc) is 3.08. The molecular formula is C14H20N2O3S. The van der Waals surface area contributed by atoms with Crippen LogP contribution in [0.25, 0.3) is 0 Å². The molecule has 0 radical (unpaired) electrons. The molecule has 1 aliphatic carbocycles. The summed E-state index contributed by atoms with van der Waals surface area (Å²) in [5, 5.41) is 3.89. The molecule has 110 valence electrons. The highest BCUT2D eigenvalue weighted by atomic mass is 32.1. The smallest absolute Gasteiger partial charge is 0.343 e. The fourth-order valence-electron chi connectivity index (χ4n) is 1.92. The van der Waals surface area contributed by atoms with Crippen LogP contribution in [0.15, 0.2) is 0 Å². The van der Waals surface area contributed by atoms with Crippen molar-refractivity contribution in [2.45, 2.75) is 33.1 Å². The summed E-state index contributed by atoms with van der Waals surface area (Å²) in [6, 6.07) is 0. The number of anilines is 2. The zero-order valence-corrected chi connectivity index (χ0v) is 12.9. The molecule has 0 bridgehead atoms. The number of carbonyl (C=O) groups excluding carboxylic acids is 2. The van der Waals surface area contributed by atoms with Crippen LogP contribution < -0.4 is 11.1 Å². The number of rotatable bonds is 6. The van der Waals surface area contributed by atoms with E-state index in [1.807, 2.05) is 0 Å². The maximum absolute atomic E-state index is 11.9. The SMILES string of the molecule is CCC(=O)c1sc(NCC2(C)CC2)c(C(=O)OC)c1N. The minimum absolute atomic E-state index is 0.0525. The van der Waals surface area contributed by atoms with Gasteiger partial charge in [-0.2, -0.15) is 0 Å². The van der Waals surface area contributed by atoms with Crippen LogP contribution in [0.4, 0.5) is 10.7 Å². The Balaban J connectivity index is 2.32. The van der Waals surface area contributed by atoms with Gasteiger partial charge in [0.25, 0.3) is 0 Å². The standard InChI is InChI=1S/C14H20N2O3S/c1-4-8(17)11-10(15)9(13(18)19-3)12(20-11)16-7-14(2)5-6-14/h16H,4-7,15H2,1-3H3. The average molecular weight is 296 g/mol. The maximum Gasteiger partial charge on any atom is 0.343 e. The van der Waals surface area contributed by atoms with Gasteiger partial charge in [0.05, 0.1) is 17.7 Å². The molecule has 0 aliphatic heterocycles. The first kappa shape index (κ1) is 14.8. The van der Waals surface area contributed by atoms with E-state index in [2.05, 4.69) is 12.2 Å². The van der Waals surface area contributed by atoms with E-state index < -0.39 is 5.97 Å². The lowest BCUT2D eigenvalue weighted by Crippen LogP contribution is -2.14. The molecule has 5 nitrogen and oxygen atoms in total. The minimum atomic E-state index is -0.502. The number of ketones is 1. The van der Waals surface area contributed by atoms with Gasteiger partial charge in [0.15, 0.2) is 5.78 Å². The van der Waals surface area contributed by atoms with E-state index in [4.69, 9.17) is 10.5 Å². The second-order valence-electron chi connectivity index (χ2n) is 5.48. The van der Waals surface area contributed by atoms with Gasteiger partial charge in [-0.25, -0.2) is 4.79 Å². The van der Waals surface area contributed by atoms with Crippen LogP contribution >= 0.6 is 11.3 Å². The molecule has 2 rings (SSSR count). The molecule has 20 heavy (non-hydrogen) atoms. The number of carbonyl (C=O) groups is 2. The monoisotopic (exact) mass is 296 g/mol. The molecule has 3 N–H and O–H groups in total. The number of thiophene rings is 1. The van der Waals surface area contributed by atoms with Crippen LogP contribution in [0.1, 0.15) is 53.1 Å². The van der Waals surface area contributed by atoms with Gasteiger partial charge >= 0.3 is 5.97 Å². The predicted molar refractivity (Wildman–Crippen MR) is 80.5 cm³/mol. The van der Waals surface area contributed by atoms with Crippen molar-refractivity contribution >= 4 is 33.8 Å². The molecule has 1 heterocycles. The highest BCUT2D eigenvalue weighted by Crippen LogP contribution is 2.46. The van der Waals surface area contributed by atoms with E-state index in [0.29, 0.717) is 27.3 Å². The molecule has 1 aliphatic rings. The fourth-order valence-corrected chi connectivity index (χ4v) is 3.04. The molecule has 6 heteroatoms. The van der Waals surface area contributed by atoms with Crippen molar-refractivity contribution in [3.05, 3.63) is 10.4 Å². The Bertz CT molecular complexity index is 547. The number of Topliss-reactive ketones (excluding diaryl/α,β-unsaturated/α-hetero) is 1. The fraction of sp³-hybridized carbons (Fsp3) is 0.571. The van der Waals surface area contributed by atoms with E-state index in [0.717, 1.165) is 6.54 Å². The summed E-state index contributed by atoms with van der Waals surface area (Å²) in [4.78, 5) is 24.2. The number of hydrogen-bond donors (Lipinski definition) is 2. The summed E-state index contributed by atoms with van der Waals surface area (Å²) < 4.78 is 4.77. The molecule has 1 saturated carbocycles. The van der Waals surface area contributed by atoms with E-state index in [-0.39, 0.29) is 11.5 Å². The molecule has 0 atom stereocenters. The Morgan fingerprint density at radius 3 is 2.60 bits per heavy atom. The van der Waals surface area contributed by atoms with Gasteiger partial charge < -0.3 is 15.8 Å². The van der Waals surface area contributed by atoms with Crippen molar-refractivity contribution in [1.82, 2.24) is 0 Å². The van der Waals surface area contributed by atoms with Crippen molar-refractivity contribution in [2.75, 3.05) is 24.7 Å². The Morgan fingerprint density at radius 1 is 1.45 bits per heavy atom. The largest absolute Gasteiger partial charge is 0.465 e. The maximum atomic E-state index is 11.9. The first-order chi connectivity index (χ1) is 9.41. The van der Waals surface area contributed by atoms with Crippen molar-refractivity contribution in [3.63, 3.8) is 0 Å². The molecule has 0 saturated heterocycles. The zero-order valence-electron chi connectivity index (χ0n) is 12.0. The number of nitrogen functional groups attached to an aromatic ring is 1. The summed E-state index contributed by atoms with van der Waals surface area (Å²) >= 11 is 1.24. The van der Waals surface area contributed by atoms with E-state index >= 15 is 0 Å².